The highest BCUT2D eigenvalue weighted by atomic mass is 16.2. The van der Waals surface area contributed by atoms with Gasteiger partial charge in [-0.25, -0.2) is 0 Å². The second-order valence-electron chi connectivity index (χ2n) is 6.27. The van der Waals surface area contributed by atoms with Gasteiger partial charge < -0.3 is 4.90 Å². The largest absolute Gasteiger partial charge is 0.302 e. The van der Waals surface area contributed by atoms with Crippen LogP contribution in [0.5, 0.6) is 0 Å². The molecule has 1 aliphatic rings. The third-order valence-corrected chi connectivity index (χ3v) is 4.12. The maximum atomic E-state index is 12.3. The summed E-state index contributed by atoms with van der Waals surface area (Å²) >= 11 is 0. The van der Waals surface area contributed by atoms with E-state index >= 15 is 0 Å². The molecule has 0 saturated carbocycles. The molecule has 0 radical (unpaired) electrons. The minimum atomic E-state index is -0.166. The lowest BCUT2D eigenvalue weighted by Gasteiger charge is -2.27. The molecular formula is C17H24N2O2. The fourth-order valence-corrected chi connectivity index (χ4v) is 2.78. The molecule has 0 aromatic heterocycles. The molecule has 0 unspecified atom stereocenters. The lowest BCUT2D eigenvalue weighted by Crippen LogP contribution is -2.40. The summed E-state index contributed by atoms with van der Waals surface area (Å²) in [6.07, 6.45) is 1.11. The van der Waals surface area contributed by atoms with Crippen LogP contribution in [0.4, 0.5) is 0 Å². The molecule has 2 rings (SSSR count). The molecule has 0 fully saturated rings. The highest BCUT2D eigenvalue weighted by Gasteiger charge is 2.34. The Morgan fingerprint density at radius 3 is 2.05 bits per heavy atom. The Hall–Kier alpha value is -1.68. The smallest absolute Gasteiger partial charge is 0.261 e. The molecule has 1 aromatic carbocycles. The van der Waals surface area contributed by atoms with Gasteiger partial charge in [0.05, 0.1) is 11.1 Å². The summed E-state index contributed by atoms with van der Waals surface area (Å²) in [6, 6.07) is 7.48. The number of amides is 2. The van der Waals surface area contributed by atoms with E-state index in [0.29, 0.717) is 36.2 Å². The zero-order valence-corrected chi connectivity index (χ0v) is 13.3. The molecule has 0 N–H and O–H groups in total. The summed E-state index contributed by atoms with van der Waals surface area (Å²) in [5, 5.41) is 0. The zero-order chi connectivity index (χ0) is 15.6. The van der Waals surface area contributed by atoms with Crippen LogP contribution in [0.1, 0.15) is 47.9 Å². The van der Waals surface area contributed by atoms with Gasteiger partial charge in [-0.3, -0.25) is 14.5 Å². The highest BCUT2D eigenvalue weighted by molar-refractivity contribution is 6.21. The molecule has 4 heteroatoms. The van der Waals surface area contributed by atoms with Gasteiger partial charge in [0.15, 0.2) is 0 Å². The second-order valence-corrected chi connectivity index (χ2v) is 6.27. The van der Waals surface area contributed by atoms with Crippen LogP contribution in [0.3, 0.4) is 0 Å². The van der Waals surface area contributed by atoms with Crippen molar-refractivity contribution in [1.82, 2.24) is 9.80 Å². The summed E-state index contributed by atoms with van der Waals surface area (Å²) in [5.74, 6) is 0.308. The molecule has 1 heterocycles. The van der Waals surface area contributed by atoms with Gasteiger partial charge in [0.2, 0.25) is 0 Å². The molecule has 1 atom stereocenters. The number of hydrogen-bond donors (Lipinski definition) is 0. The van der Waals surface area contributed by atoms with Crippen molar-refractivity contribution in [2.75, 3.05) is 20.1 Å². The number of carbonyl (C=O) groups excluding carboxylic acids is 2. The highest BCUT2D eigenvalue weighted by Crippen LogP contribution is 2.22. The van der Waals surface area contributed by atoms with Crippen LogP contribution < -0.4 is 0 Å². The maximum Gasteiger partial charge on any atom is 0.261 e. The maximum absolute atomic E-state index is 12.3. The van der Waals surface area contributed by atoms with E-state index < -0.39 is 0 Å². The topological polar surface area (TPSA) is 40.6 Å². The lowest BCUT2D eigenvalue weighted by atomic mass is 10.0. The predicted molar refractivity (Wildman–Crippen MR) is 83.4 cm³/mol. The first-order chi connectivity index (χ1) is 9.91. The van der Waals surface area contributed by atoms with Crippen molar-refractivity contribution in [2.24, 2.45) is 5.92 Å². The van der Waals surface area contributed by atoms with Crippen molar-refractivity contribution in [3.05, 3.63) is 35.4 Å². The van der Waals surface area contributed by atoms with Crippen molar-refractivity contribution in [3.8, 4) is 0 Å². The third-order valence-electron chi connectivity index (χ3n) is 4.12. The molecule has 0 saturated heterocycles. The normalized spacial score (nSPS) is 16.0. The Balaban J connectivity index is 1.96. The van der Waals surface area contributed by atoms with E-state index in [1.807, 2.05) is 7.05 Å². The minimum Gasteiger partial charge on any atom is -0.302 e. The fraction of sp³-hybridized carbons (Fsp3) is 0.529. The summed E-state index contributed by atoms with van der Waals surface area (Å²) in [5.41, 5.74) is 1.06. The molecule has 2 amide bonds. The molecule has 4 nitrogen and oxygen atoms in total. The second kappa shape index (κ2) is 6.39. The van der Waals surface area contributed by atoms with Crippen molar-refractivity contribution < 1.29 is 9.59 Å². The molecular weight excluding hydrogens is 264 g/mol. The van der Waals surface area contributed by atoms with Gasteiger partial charge in [-0.15, -0.1) is 0 Å². The van der Waals surface area contributed by atoms with E-state index in [9.17, 15) is 9.59 Å². The predicted octanol–water partition coefficient (Wildman–Crippen LogP) is 2.65. The van der Waals surface area contributed by atoms with Crippen LogP contribution in [0.25, 0.3) is 0 Å². The van der Waals surface area contributed by atoms with E-state index in [0.717, 1.165) is 6.42 Å². The summed E-state index contributed by atoms with van der Waals surface area (Å²) in [7, 11) is 2.05. The molecule has 0 bridgehead atoms. The first kappa shape index (κ1) is 15.7. The molecule has 1 aliphatic heterocycles. The standard InChI is InChI=1S/C17H24N2O2/c1-12(2)11-13(3)18(4)9-10-19-16(20)14-7-5-6-8-15(14)17(19)21/h5-8,12-13H,9-11H2,1-4H3/t13-/m0/s1. The Kier molecular flexibility index (Phi) is 4.78. The fourth-order valence-electron chi connectivity index (χ4n) is 2.78. The van der Waals surface area contributed by atoms with Crippen LogP contribution in [0, 0.1) is 5.92 Å². The van der Waals surface area contributed by atoms with Gasteiger partial charge in [-0.2, -0.15) is 0 Å². The number of rotatable bonds is 6. The van der Waals surface area contributed by atoms with Crippen LogP contribution in [0.15, 0.2) is 24.3 Å². The van der Waals surface area contributed by atoms with E-state index in [1.54, 1.807) is 24.3 Å². The molecule has 114 valence electrons. The van der Waals surface area contributed by atoms with E-state index in [4.69, 9.17) is 0 Å². The zero-order valence-electron chi connectivity index (χ0n) is 13.3. The Morgan fingerprint density at radius 1 is 1.05 bits per heavy atom. The molecule has 0 spiro atoms. The van der Waals surface area contributed by atoms with Crippen LogP contribution in [0.2, 0.25) is 0 Å². The van der Waals surface area contributed by atoms with Crippen molar-refractivity contribution in [1.29, 1.82) is 0 Å². The van der Waals surface area contributed by atoms with Gasteiger partial charge in [0.25, 0.3) is 11.8 Å². The SMILES string of the molecule is CC(C)C[C@H](C)N(C)CCN1C(=O)c2ccccc2C1=O. The number of carbonyl (C=O) groups is 2. The first-order valence-corrected chi connectivity index (χ1v) is 7.57. The van der Waals surface area contributed by atoms with Gasteiger partial charge in [0, 0.05) is 19.1 Å². The minimum absolute atomic E-state index is 0.166. The number of fused-ring (bicyclic) bond motifs is 1. The van der Waals surface area contributed by atoms with Gasteiger partial charge in [-0.05, 0) is 38.4 Å². The van der Waals surface area contributed by atoms with E-state index in [-0.39, 0.29) is 11.8 Å². The first-order valence-electron chi connectivity index (χ1n) is 7.57. The van der Waals surface area contributed by atoms with Crippen LogP contribution in [-0.4, -0.2) is 47.8 Å². The van der Waals surface area contributed by atoms with Crippen LogP contribution in [-0.2, 0) is 0 Å². The van der Waals surface area contributed by atoms with Crippen molar-refractivity contribution >= 4 is 11.8 Å². The quantitative estimate of drug-likeness (QED) is 0.756. The monoisotopic (exact) mass is 288 g/mol. The summed E-state index contributed by atoms with van der Waals surface area (Å²) < 4.78 is 0. The molecule has 1 aromatic rings. The lowest BCUT2D eigenvalue weighted by molar-refractivity contribution is 0.0631. The number of benzene rings is 1. The van der Waals surface area contributed by atoms with Gasteiger partial charge in [0.1, 0.15) is 0 Å². The van der Waals surface area contributed by atoms with Crippen molar-refractivity contribution in [3.63, 3.8) is 0 Å². The van der Waals surface area contributed by atoms with Crippen molar-refractivity contribution in [2.45, 2.75) is 33.2 Å². The van der Waals surface area contributed by atoms with E-state index in [1.165, 1.54) is 4.90 Å². The van der Waals surface area contributed by atoms with E-state index in [2.05, 4.69) is 25.7 Å². The summed E-state index contributed by atoms with van der Waals surface area (Å²) in [4.78, 5) is 28.1. The number of hydrogen-bond acceptors (Lipinski definition) is 3. The number of imide groups is 1. The summed E-state index contributed by atoms with van der Waals surface area (Å²) in [6.45, 7) is 7.75. The van der Waals surface area contributed by atoms with Gasteiger partial charge >= 0.3 is 0 Å². The average molecular weight is 288 g/mol. The average Bonchev–Trinajstić information content (AvgIpc) is 2.68. The van der Waals surface area contributed by atoms with Gasteiger partial charge in [-0.1, -0.05) is 26.0 Å². The third kappa shape index (κ3) is 3.32. The Labute approximate surface area is 126 Å². The Bertz CT molecular complexity index is 504. The molecule has 0 aliphatic carbocycles. The number of likely N-dealkylation sites (N-methyl/N-ethyl adjacent to an activating group) is 1. The Morgan fingerprint density at radius 2 is 1.57 bits per heavy atom. The number of nitrogens with zero attached hydrogens (tertiary/aromatic N) is 2. The van der Waals surface area contributed by atoms with Crippen LogP contribution >= 0.6 is 0 Å². The molecule has 21 heavy (non-hydrogen) atoms.